The Kier molecular flexibility index (Phi) is 5.84. The number of benzene rings is 3. The summed E-state index contributed by atoms with van der Waals surface area (Å²) in [5.74, 6) is 0. The molecular weight excluding hydrogens is 320 g/mol. The molecule has 3 aromatic rings. The van der Waals surface area contributed by atoms with Gasteiger partial charge in [0.05, 0.1) is 11.4 Å². The Morgan fingerprint density at radius 1 is 0.731 bits per heavy atom. The predicted octanol–water partition coefficient (Wildman–Crippen LogP) is 6.03. The molecule has 0 fully saturated rings. The van der Waals surface area contributed by atoms with Crippen molar-refractivity contribution in [2.24, 2.45) is 0 Å². The zero-order chi connectivity index (χ0) is 18.2. The molecule has 130 valence electrons. The molecule has 3 rings (SSSR count). The van der Waals surface area contributed by atoms with Crippen LogP contribution >= 0.6 is 0 Å². The van der Waals surface area contributed by atoms with Crippen LogP contribution in [-0.4, -0.2) is 12.6 Å². The minimum absolute atomic E-state index is 0.0910. The van der Waals surface area contributed by atoms with Gasteiger partial charge in [-0.1, -0.05) is 66.7 Å². The molecule has 3 heteroatoms. The Morgan fingerprint density at radius 2 is 1.15 bits per heavy atom. The van der Waals surface area contributed by atoms with Gasteiger partial charge in [0.2, 0.25) is 0 Å². The van der Waals surface area contributed by atoms with Crippen molar-refractivity contribution in [3.63, 3.8) is 0 Å². The van der Waals surface area contributed by atoms with Gasteiger partial charge in [-0.3, -0.25) is 9.80 Å². The summed E-state index contributed by atoms with van der Waals surface area (Å²) in [5.41, 5.74) is 2.54. The highest BCUT2D eigenvalue weighted by Gasteiger charge is 2.24. The summed E-state index contributed by atoms with van der Waals surface area (Å²) in [6, 6.07) is 29.1. The molecule has 0 N–H and O–H groups in total. The van der Waals surface area contributed by atoms with Crippen molar-refractivity contribution < 1.29 is 4.79 Å². The molecule has 0 atom stereocenters. The van der Waals surface area contributed by atoms with Gasteiger partial charge in [0, 0.05) is 12.2 Å². The highest BCUT2D eigenvalue weighted by Crippen LogP contribution is 2.28. The number of hydrogen-bond acceptors (Lipinski definition) is 1. The number of rotatable bonds is 5. The Hall–Kier alpha value is -3.33. The second-order valence-corrected chi connectivity index (χ2v) is 5.80. The molecule has 0 heterocycles. The number of carbonyl (C=O) groups excluding carboxylic acids is 1. The second-order valence-electron chi connectivity index (χ2n) is 5.80. The summed E-state index contributed by atoms with van der Waals surface area (Å²) < 4.78 is 0. The minimum atomic E-state index is -0.0910. The van der Waals surface area contributed by atoms with Crippen LogP contribution < -0.4 is 9.80 Å². The van der Waals surface area contributed by atoms with E-state index in [4.69, 9.17) is 0 Å². The van der Waals surface area contributed by atoms with Gasteiger partial charge in [0.15, 0.2) is 0 Å². The average Bonchev–Trinajstić information content (AvgIpc) is 2.71. The van der Waals surface area contributed by atoms with Crippen molar-refractivity contribution in [2.75, 3.05) is 16.3 Å². The van der Waals surface area contributed by atoms with E-state index in [1.165, 1.54) is 0 Å². The van der Waals surface area contributed by atoms with Crippen LogP contribution in [0.25, 0.3) is 0 Å². The molecule has 0 saturated heterocycles. The van der Waals surface area contributed by atoms with Gasteiger partial charge in [0.1, 0.15) is 0 Å². The summed E-state index contributed by atoms with van der Waals surface area (Å²) >= 11 is 0. The summed E-state index contributed by atoms with van der Waals surface area (Å²) in [5, 5.41) is 0. The first-order chi connectivity index (χ1) is 12.8. The van der Waals surface area contributed by atoms with E-state index in [2.05, 4.69) is 0 Å². The van der Waals surface area contributed by atoms with E-state index in [1.807, 2.05) is 110 Å². The van der Waals surface area contributed by atoms with E-state index < -0.39 is 0 Å². The average molecular weight is 342 g/mol. The fourth-order valence-electron chi connectivity index (χ4n) is 2.76. The number of urea groups is 1. The number of amides is 2. The maximum Gasteiger partial charge on any atom is 0.333 e. The van der Waals surface area contributed by atoms with Gasteiger partial charge in [-0.2, -0.15) is 0 Å². The maximum atomic E-state index is 13.6. The van der Waals surface area contributed by atoms with E-state index in [9.17, 15) is 4.79 Å². The highest BCUT2D eigenvalue weighted by molar-refractivity contribution is 6.08. The van der Waals surface area contributed by atoms with E-state index in [-0.39, 0.29) is 6.03 Å². The molecule has 0 aliphatic rings. The lowest BCUT2D eigenvalue weighted by atomic mass is 10.2. The van der Waals surface area contributed by atoms with Gasteiger partial charge in [-0.15, -0.1) is 0 Å². The SMILES string of the molecule is C/C=C/CN(C(=O)N(c1ccccc1)c1ccccc1)c1ccccc1. The summed E-state index contributed by atoms with van der Waals surface area (Å²) in [6.45, 7) is 2.47. The Labute approximate surface area is 154 Å². The van der Waals surface area contributed by atoms with Crippen molar-refractivity contribution >= 4 is 23.1 Å². The van der Waals surface area contributed by atoms with Crippen molar-refractivity contribution in [1.29, 1.82) is 0 Å². The molecule has 2 amide bonds. The lowest BCUT2D eigenvalue weighted by Gasteiger charge is -2.30. The zero-order valence-corrected chi connectivity index (χ0v) is 14.8. The van der Waals surface area contributed by atoms with Crippen molar-refractivity contribution in [2.45, 2.75) is 6.92 Å². The lowest BCUT2D eigenvalue weighted by Crippen LogP contribution is -2.41. The smallest absolute Gasteiger partial charge is 0.290 e. The summed E-state index contributed by atoms with van der Waals surface area (Å²) in [6.07, 6.45) is 3.94. The first-order valence-electron chi connectivity index (χ1n) is 8.69. The molecule has 3 aromatic carbocycles. The lowest BCUT2D eigenvalue weighted by molar-refractivity contribution is 0.254. The molecule has 0 unspecified atom stereocenters. The Morgan fingerprint density at radius 3 is 1.58 bits per heavy atom. The molecule has 0 saturated carbocycles. The van der Waals surface area contributed by atoms with Gasteiger partial charge in [0.25, 0.3) is 0 Å². The van der Waals surface area contributed by atoms with Gasteiger partial charge < -0.3 is 0 Å². The van der Waals surface area contributed by atoms with Crippen LogP contribution in [0.3, 0.4) is 0 Å². The molecule has 0 aliphatic heterocycles. The molecule has 0 aliphatic carbocycles. The van der Waals surface area contributed by atoms with Crippen LogP contribution in [0.2, 0.25) is 0 Å². The predicted molar refractivity (Wildman–Crippen MR) is 109 cm³/mol. The van der Waals surface area contributed by atoms with E-state index in [0.29, 0.717) is 6.54 Å². The number of carbonyl (C=O) groups is 1. The molecule has 0 spiro atoms. The van der Waals surface area contributed by atoms with Crippen molar-refractivity contribution in [1.82, 2.24) is 0 Å². The fourth-order valence-corrected chi connectivity index (χ4v) is 2.76. The monoisotopic (exact) mass is 342 g/mol. The van der Waals surface area contributed by atoms with Crippen LogP contribution in [0.5, 0.6) is 0 Å². The van der Waals surface area contributed by atoms with Crippen molar-refractivity contribution in [3.05, 3.63) is 103 Å². The number of hydrogen-bond donors (Lipinski definition) is 0. The third-order valence-electron chi connectivity index (χ3n) is 4.04. The quantitative estimate of drug-likeness (QED) is 0.519. The number of nitrogens with zero attached hydrogens (tertiary/aromatic N) is 2. The Bertz CT molecular complexity index is 806. The fraction of sp³-hybridized carbons (Fsp3) is 0.0870. The standard InChI is InChI=1S/C23H22N2O/c1-2-3-19-24(20-13-7-4-8-14-20)23(26)25(21-15-9-5-10-16-21)22-17-11-6-12-18-22/h2-18H,19H2,1H3/b3-2+. The number of allylic oxidation sites excluding steroid dienone is 1. The van der Waals surface area contributed by atoms with Crippen LogP contribution in [0.15, 0.2) is 103 Å². The van der Waals surface area contributed by atoms with Gasteiger partial charge in [-0.25, -0.2) is 4.79 Å². The summed E-state index contributed by atoms with van der Waals surface area (Å²) in [4.78, 5) is 17.1. The zero-order valence-electron chi connectivity index (χ0n) is 14.8. The van der Waals surface area contributed by atoms with Crippen LogP contribution in [0.1, 0.15) is 6.92 Å². The largest absolute Gasteiger partial charge is 0.333 e. The first kappa shape index (κ1) is 17.5. The number of para-hydroxylation sites is 3. The topological polar surface area (TPSA) is 23.6 Å². The van der Waals surface area contributed by atoms with Gasteiger partial charge in [-0.05, 0) is 43.3 Å². The van der Waals surface area contributed by atoms with Crippen LogP contribution in [-0.2, 0) is 0 Å². The molecule has 0 aromatic heterocycles. The molecular formula is C23H22N2O. The highest BCUT2D eigenvalue weighted by atomic mass is 16.2. The maximum absolute atomic E-state index is 13.6. The van der Waals surface area contributed by atoms with E-state index in [0.717, 1.165) is 17.1 Å². The van der Waals surface area contributed by atoms with E-state index >= 15 is 0 Å². The van der Waals surface area contributed by atoms with Crippen LogP contribution in [0.4, 0.5) is 21.9 Å². The second kappa shape index (κ2) is 8.67. The van der Waals surface area contributed by atoms with Crippen molar-refractivity contribution in [3.8, 4) is 0 Å². The number of anilines is 3. The molecule has 0 bridgehead atoms. The van der Waals surface area contributed by atoms with Gasteiger partial charge >= 0.3 is 6.03 Å². The third kappa shape index (κ3) is 4.01. The van der Waals surface area contributed by atoms with E-state index in [1.54, 1.807) is 9.80 Å². The Balaban J connectivity index is 2.05. The first-order valence-corrected chi connectivity index (χ1v) is 8.69. The summed E-state index contributed by atoms with van der Waals surface area (Å²) in [7, 11) is 0. The molecule has 3 nitrogen and oxygen atoms in total. The minimum Gasteiger partial charge on any atom is -0.290 e. The third-order valence-corrected chi connectivity index (χ3v) is 4.04. The normalized spacial score (nSPS) is 10.7. The molecule has 26 heavy (non-hydrogen) atoms. The van der Waals surface area contributed by atoms with Crippen LogP contribution in [0, 0.1) is 0 Å². The molecule has 0 radical (unpaired) electrons.